The molecule has 98 valence electrons. The van der Waals surface area contributed by atoms with Crippen LogP contribution in [0.3, 0.4) is 0 Å². The van der Waals surface area contributed by atoms with Crippen LogP contribution in [-0.2, 0) is 14.4 Å². The Morgan fingerprint density at radius 1 is 0.875 bits per heavy atom. The third kappa shape index (κ3) is 7.58. The quantitative estimate of drug-likeness (QED) is 0.422. The molecular weight excluding hydrogens is 236 g/mol. The molecule has 0 fully saturated rings. The van der Waals surface area contributed by atoms with Crippen LogP contribution in [0.25, 0.3) is 0 Å². The van der Waals surface area contributed by atoms with Crippen LogP contribution in [-0.4, -0.2) is 43.9 Å². The van der Waals surface area contributed by atoms with Crippen LogP contribution in [0.4, 0.5) is 9.41 Å². The van der Waals surface area contributed by atoms with Crippen LogP contribution in [0, 0.1) is 0 Å². The molecule has 0 amide bonds. The molecule has 8 nitrogen and oxygen atoms in total. The van der Waals surface area contributed by atoms with Crippen molar-refractivity contribution < 1.29 is 44.2 Å². The summed E-state index contributed by atoms with van der Waals surface area (Å²) in [6.45, 7) is 0. The SMILES string of the molecule is F.F.N.O=C(O)CC(O)(CC(=O)O)C(=O)O. The van der Waals surface area contributed by atoms with Gasteiger partial charge in [-0.3, -0.25) is 19.0 Å². The molecule has 0 aliphatic carbocycles. The second kappa shape index (κ2) is 8.49. The number of carboxylic acids is 3. The van der Waals surface area contributed by atoms with Crippen LogP contribution < -0.4 is 6.15 Å². The smallest absolute Gasteiger partial charge is 0.336 e. The van der Waals surface area contributed by atoms with Crippen molar-refractivity contribution in [3.8, 4) is 0 Å². The monoisotopic (exact) mass is 249 g/mol. The fraction of sp³-hybridized carbons (Fsp3) is 0.500. The summed E-state index contributed by atoms with van der Waals surface area (Å²) in [4.78, 5) is 30.5. The van der Waals surface area contributed by atoms with Gasteiger partial charge < -0.3 is 26.6 Å². The maximum absolute atomic E-state index is 10.3. The van der Waals surface area contributed by atoms with Crippen molar-refractivity contribution in [3.05, 3.63) is 0 Å². The number of carboxylic acid groups (broad SMARTS) is 3. The summed E-state index contributed by atoms with van der Waals surface area (Å²) >= 11 is 0. The fourth-order valence-electron chi connectivity index (χ4n) is 0.714. The molecule has 0 aromatic carbocycles. The standard InChI is InChI=1S/C6H8O7.2FH.H3N/c7-3(8)1-6(13,5(11)12)2-4(9)10;;;/h13H,1-2H2,(H,7,8)(H,9,10)(H,11,12);2*1H;1H3. The first-order valence-electron chi connectivity index (χ1n) is 3.17. The highest BCUT2D eigenvalue weighted by Gasteiger charge is 2.40. The third-order valence-corrected chi connectivity index (χ3v) is 1.29. The molecule has 0 aliphatic rings. The van der Waals surface area contributed by atoms with E-state index in [1.807, 2.05) is 0 Å². The molecule has 7 N–H and O–H groups in total. The lowest BCUT2D eigenvalue weighted by Crippen LogP contribution is -2.42. The van der Waals surface area contributed by atoms with Crippen molar-refractivity contribution in [2.24, 2.45) is 0 Å². The first-order valence-corrected chi connectivity index (χ1v) is 3.17. The fourth-order valence-corrected chi connectivity index (χ4v) is 0.714. The summed E-state index contributed by atoms with van der Waals surface area (Å²) in [5.41, 5.74) is -2.74. The van der Waals surface area contributed by atoms with Crippen LogP contribution in [0.15, 0.2) is 0 Å². The Morgan fingerprint density at radius 2 is 1.12 bits per heavy atom. The zero-order valence-electron chi connectivity index (χ0n) is 7.95. The Bertz CT molecular complexity index is 241. The van der Waals surface area contributed by atoms with E-state index < -0.39 is 36.4 Å². The molecule has 0 aliphatic heterocycles. The van der Waals surface area contributed by atoms with E-state index in [0.717, 1.165) is 0 Å². The van der Waals surface area contributed by atoms with E-state index in [0.29, 0.717) is 0 Å². The van der Waals surface area contributed by atoms with Crippen molar-refractivity contribution in [1.82, 2.24) is 6.15 Å². The molecule has 0 heterocycles. The highest BCUT2D eigenvalue weighted by atomic mass is 19.0. The number of hydrogen-bond acceptors (Lipinski definition) is 5. The molecule has 0 aromatic heterocycles. The zero-order chi connectivity index (χ0) is 10.6. The predicted molar refractivity (Wildman–Crippen MR) is 47.1 cm³/mol. The lowest BCUT2D eigenvalue weighted by molar-refractivity contribution is -0.170. The van der Waals surface area contributed by atoms with E-state index in [-0.39, 0.29) is 15.6 Å². The minimum atomic E-state index is -2.74. The van der Waals surface area contributed by atoms with Gasteiger partial charge in [0, 0.05) is 0 Å². The van der Waals surface area contributed by atoms with Gasteiger partial charge in [-0.25, -0.2) is 4.79 Å². The zero-order valence-corrected chi connectivity index (χ0v) is 7.95. The molecular formula is C6H13F2NO7. The van der Waals surface area contributed by atoms with Crippen molar-refractivity contribution in [2.75, 3.05) is 0 Å². The maximum Gasteiger partial charge on any atom is 0.336 e. The third-order valence-electron chi connectivity index (χ3n) is 1.29. The number of aliphatic hydroxyl groups is 1. The summed E-state index contributed by atoms with van der Waals surface area (Å²) < 4.78 is 0. The van der Waals surface area contributed by atoms with Gasteiger partial charge in [0.15, 0.2) is 5.60 Å². The van der Waals surface area contributed by atoms with Gasteiger partial charge >= 0.3 is 17.9 Å². The van der Waals surface area contributed by atoms with Crippen molar-refractivity contribution in [3.63, 3.8) is 0 Å². The molecule has 0 atom stereocenters. The van der Waals surface area contributed by atoms with E-state index in [2.05, 4.69) is 0 Å². The first kappa shape index (κ1) is 23.8. The Kier molecular flexibility index (Phi) is 12.6. The molecule has 0 aromatic rings. The summed E-state index contributed by atoms with van der Waals surface area (Å²) in [6.07, 6.45) is -2.29. The van der Waals surface area contributed by atoms with Gasteiger partial charge in [-0.05, 0) is 0 Å². The second-order valence-corrected chi connectivity index (χ2v) is 2.48. The molecule has 0 rings (SSSR count). The number of hydrogen-bond donors (Lipinski definition) is 5. The van der Waals surface area contributed by atoms with E-state index in [4.69, 9.17) is 20.4 Å². The average Bonchev–Trinajstić information content (AvgIpc) is 1.82. The van der Waals surface area contributed by atoms with Gasteiger partial charge in [-0.15, -0.1) is 0 Å². The van der Waals surface area contributed by atoms with Crippen LogP contribution in [0.1, 0.15) is 12.8 Å². The molecule has 10 heteroatoms. The Labute approximate surface area is 87.8 Å². The molecule has 16 heavy (non-hydrogen) atoms. The Hall–Kier alpha value is -1.81. The summed E-state index contributed by atoms with van der Waals surface area (Å²) in [6, 6.07) is 0. The summed E-state index contributed by atoms with van der Waals surface area (Å²) in [5.74, 6) is -5.02. The topological polar surface area (TPSA) is 167 Å². The van der Waals surface area contributed by atoms with E-state index in [9.17, 15) is 14.4 Å². The average molecular weight is 249 g/mol. The van der Waals surface area contributed by atoms with Crippen molar-refractivity contribution in [1.29, 1.82) is 0 Å². The number of carbonyl (C=O) groups is 3. The lowest BCUT2D eigenvalue weighted by atomic mass is 9.96. The summed E-state index contributed by atoms with van der Waals surface area (Å²) in [5, 5.41) is 33.8. The van der Waals surface area contributed by atoms with Gasteiger partial charge in [0.25, 0.3) is 0 Å². The summed E-state index contributed by atoms with van der Waals surface area (Å²) in [7, 11) is 0. The second-order valence-electron chi connectivity index (χ2n) is 2.48. The van der Waals surface area contributed by atoms with E-state index >= 15 is 0 Å². The Balaban J connectivity index is -0.000000240. The maximum atomic E-state index is 10.3. The largest absolute Gasteiger partial charge is 0.481 e. The molecule has 0 bridgehead atoms. The normalized spacial score (nSPS) is 8.81. The predicted octanol–water partition coefficient (Wildman–Crippen LogP) is -0.782. The van der Waals surface area contributed by atoms with E-state index in [1.54, 1.807) is 0 Å². The Morgan fingerprint density at radius 3 is 1.25 bits per heavy atom. The number of rotatable bonds is 5. The minimum absolute atomic E-state index is 0. The van der Waals surface area contributed by atoms with E-state index in [1.165, 1.54) is 0 Å². The molecule has 0 saturated carbocycles. The van der Waals surface area contributed by atoms with Crippen LogP contribution >= 0.6 is 0 Å². The number of aliphatic carboxylic acids is 3. The van der Waals surface area contributed by atoms with Gasteiger partial charge in [-0.2, -0.15) is 0 Å². The van der Waals surface area contributed by atoms with Crippen molar-refractivity contribution in [2.45, 2.75) is 18.4 Å². The van der Waals surface area contributed by atoms with Gasteiger partial charge in [0.2, 0.25) is 0 Å². The lowest BCUT2D eigenvalue weighted by Gasteiger charge is -2.18. The van der Waals surface area contributed by atoms with Crippen LogP contribution in [0.5, 0.6) is 0 Å². The highest BCUT2D eigenvalue weighted by molar-refractivity contribution is 5.88. The van der Waals surface area contributed by atoms with Gasteiger partial charge in [0.1, 0.15) is 0 Å². The van der Waals surface area contributed by atoms with Gasteiger partial charge in [-0.1, -0.05) is 0 Å². The molecule has 0 radical (unpaired) electrons. The van der Waals surface area contributed by atoms with Crippen LogP contribution in [0.2, 0.25) is 0 Å². The first-order chi connectivity index (χ1) is 5.78. The van der Waals surface area contributed by atoms with Gasteiger partial charge in [0.05, 0.1) is 12.8 Å². The molecule has 0 saturated heterocycles. The number of halogens is 2. The van der Waals surface area contributed by atoms with Crippen molar-refractivity contribution >= 4 is 17.9 Å². The highest BCUT2D eigenvalue weighted by Crippen LogP contribution is 2.15. The minimum Gasteiger partial charge on any atom is -0.481 e. The molecule has 0 spiro atoms. The molecule has 0 unspecified atom stereocenters.